The summed E-state index contributed by atoms with van der Waals surface area (Å²) < 4.78 is 31.7. The number of nitrogen functional groups attached to an aromatic ring is 1. The molecule has 33 heavy (non-hydrogen) atoms. The average molecular weight is 467 g/mol. The highest BCUT2D eigenvalue weighted by Crippen LogP contribution is 2.24. The van der Waals surface area contributed by atoms with E-state index < -0.39 is 18.2 Å². The number of halogens is 3. The minimum absolute atomic E-state index is 0.0148. The van der Waals surface area contributed by atoms with Crippen LogP contribution in [0.4, 0.5) is 18.9 Å². The monoisotopic (exact) mass is 466 g/mol. The fourth-order valence-electron chi connectivity index (χ4n) is 3.69. The summed E-state index contributed by atoms with van der Waals surface area (Å²) in [4.78, 5) is 23.6. The van der Waals surface area contributed by atoms with Crippen LogP contribution in [0, 0.1) is 5.92 Å². The molecule has 2 aromatic rings. The van der Waals surface area contributed by atoms with Crippen molar-refractivity contribution in [1.29, 1.82) is 0 Å². The molecule has 0 spiro atoms. The highest BCUT2D eigenvalue weighted by atomic mass is 19.4. The maximum absolute atomic E-state index is 12.3. The van der Waals surface area contributed by atoms with E-state index >= 15 is 0 Å². The van der Waals surface area contributed by atoms with Gasteiger partial charge in [-0.1, -0.05) is 30.3 Å². The summed E-state index contributed by atoms with van der Waals surface area (Å²) in [5.41, 5.74) is 8.26. The molecule has 1 saturated heterocycles. The number of rotatable bonds is 7. The van der Waals surface area contributed by atoms with Crippen LogP contribution >= 0.6 is 0 Å². The standard InChI is InChI=1S/C22H28N2O2.C2HF3O2/c23-20-8-6-19(7-9-20)22(26)15-21(25)14-17-10-12-24(13-11-17)16-18-4-2-1-3-5-18;3-2(4,5)1(6)7/h1-9,17,21,25H,10-16,23H2;(H,6,7). The number of nitrogens with two attached hydrogens (primary N) is 1. The van der Waals surface area contributed by atoms with Crippen molar-refractivity contribution in [2.75, 3.05) is 18.8 Å². The summed E-state index contributed by atoms with van der Waals surface area (Å²) in [6.45, 7) is 3.10. The molecule has 1 unspecified atom stereocenters. The first kappa shape index (κ1) is 26.3. The third-order valence-corrected chi connectivity index (χ3v) is 5.46. The van der Waals surface area contributed by atoms with E-state index in [1.54, 1.807) is 24.3 Å². The molecule has 4 N–H and O–H groups in total. The first-order chi connectivity index (χ1) is 15.5. The molecule has 0 amide bonds. The molecule has 3 rings (SSSR count). The van der Waals surface area contributed by atoms with Crippen LogP contribution in [0.15, 0.2) is 54.6 Å². The zero-order valence-corrected chi connectivity index (χ0v) is 18.2. The number of likely N-dealkylation sites (tertiary alicyclic amines) is 1. The van der Waals surface area contributed by atoms with Crippen LogP contribution in [0.25, 0.3) is 0 Å². The number of carboxylic acids is 1. The van der Waals surface area contributed by atoms with Gasteiger partial charge < -0.3 is 15.9 Å². The molecule has 1 atom stereocenters. The fourth-order valence-corrected chi connectivity index (χ4v) is 3.69. The van der Waals surface area contributed by atoms with Gasteiger partial charge in [0.15, 0.2) is 5.78 Å². The van der Waals surface area contributed by atoms with E-state index in [9.17, 15) is 23.1 Å². The number of carbonyl (C=O) groups is 2. The number of Topliss-reactive ketones (excluding diaryl/α,β-unsaturated/α-hetero) is 1. The van der Waals surface area contributed by atoms with Crippen molar-refractivity contribution < 1.29 is 33.0 Å². The molecular formula is C24H29F3N2O4. The molecule has 1 aliphatic heterocycles. The van der Waals surface area contributed by atoms with Crippen LogP contribution in [0.5, 0.6) is 0 Å². The van der Waals surface area contributed by atoms with Crippen LogP contribution in [0.2, 0.25) is 0 Å². The number of ketones is 1. The lowest BCUT2D eigenvalue weighted by Gasteiger charge is -2.32. The second-order valence-corrected chi connectivity index (χ2v) is 8.15. The molecule has 180 valence electrons. The van der Waals surface area contributed by atoms with Crippen molar-refractivity contribution in [3.63, 3.8) is 0 Å². The molecule has 0 radical (unpaired) electrons. The van der Waals surface area contributed by atoms with Gasteiger partial charge in [0.25, 0.3) is 0 Å². The number of aliphatic hydroxyl groups is 1. The highest BCUT2D eigenvalue weighted by Gasteiger charge is 2.38. The highest BCUT2D eigenvalue weighted by molar-refractivity contribution is 5.96. The number of carbonyl (C=O) groups excluding carboxylic acids is 1. The van der Waals surface area contributed by atoms with Crippen LogP contribution in [0.1, 0.15) is 41.6 Å². The van der Waals surface area contributed by atoms with E-state index in [-0.39, 0.29) is 12.2 Å². The van der Waals surface area contributed by atoms with Crippen LogP contribution < -0.4 is 5.73 Å². The molecule has 1 heterocycles. The van der Waals surface area contributed by atoms with Crippen LogP contribution in [-0.4, -0.2) is 52.2 Å². The van der Waals surface area contributed by atoms with Gasteiger partial charge in [0, 0.05) is 24.2 Å². The maximum Gasteiger partial charge on any atom is 0.490 e. The Hall–Kier alpha value is -2.91. The first-order valence-corrected chi connectivity index (χ1v) is 10.7. The SMILES string of the molecule is Nc1ccc(C(=O)CC(O)CC2CCN(Cc3ccccc3)CC2)cc1.O=C(O)C(F)(F)F. The summed E-state index contributed by atoms with van der Waals surface area (Å²) in [6, 6.07) is 17.4. The fraction of sp³-hybridized carbons (Fsp3) is 0.417. The number of carboxylic acid groups (broad SMARTS) is 1. The molecule has 1 fully saturated rings. The van der Waals surface area contributed by atoms with Crippen molar-refractivity contribution in [3.05, 3.63) is 65.7 Å². The Morgan fingerprint density at radius 3 is 2.09 bits per heavy atom. The Morgan fingerprint density at radius 1 is 1.03 bits per heavy atom. The second-order valence-electron chi connectivity index (χ2n) is 8.15. The van der Waals surface area contributed by atoms with Gasteiger partial charge in [0.05, 0.1) is 6.10 Å². The Bertz CT molecular complexity index is 881. The molecule has 1 aliphatic rings. The van der Waals surface area contributed by atoms with E-state index in [0.717, 1.165) is 32.5 Å². The lowest BCUT2D eigenvalue weighted by atomic mass is 9.89. The van der Waals surface area contributed by atoms with Crippen molar-refractivity contribution in [2.24, 2.45) is 5.92 Å². The second kappa shape index (κ2) is 12.4. The number of anilines is 1. The largest absolute Gasteiger partial charge is 0.490 e. The maximum atomic E-state index is 12.3. The summed E-state index contributed by atoms with van der Waals surface area (Å²) >= 11 is 0. The summed E-state index contributed by atoms with van der Waals surface area (Å²) in [5, 5.41) is 17.5. The predicted molar refractivity (Wildman–Crippen MR) is 119 cm³/mol. The molecule has 0 aliphatic carbocycles. The van der Waals surface area contributed by atoms with Gasteiger partial charge >= 0.3 is 12.1 Å². The molecule has 0 bridgehead atoms. The van der Waals surface area contributed by atoms with Crippen molar-refractivity contribution >= 4 is 17.4 Å². The van der Waals surface area contributed by atoms with Crippen molar-refractivity contribution in [3.8, 4) is 0 Å². The summed E-state index contributed by atoms with van der Waals surface area (Å²) in [5.74, 6) is -2.28. The zero-order chi connectivity index (χ0) is 24.4. The van der Waals surface area contributed by atoms with E-state index in [0.29, 0.717) is 23.6 Å². The lowest BCUT2D eigenvalue weighted by molar-refractivity contribution is -0.192. The third kappa shape index (κ3) is 9.63. The number of hydrogen-bond acceptors (Lipinski definition) is 5. The Labute approximate surface area is 190 Å². The summed E-state index contributed by atoms with van der Waals surface area (Å²) in [6.07, 6.45) is -2.58. The Morgan fingerprint density at radius 2 is 1.58 bits per heavy atom. The third-order valence-electron chi connectivity index (χ3n) is 5.46. The number of alkyl halides is 3. The smallest absolute Gasteiger partial charge is 0.475 e. The first-order valence-electron chi connectivity index (χ1n) is 10.7. The zero-order valence-electron chi connectivity index (χ0n) is 18.2. The average Bonchev–Trinajstić information content (AvgIpc) is 2.76. The van der Waals surface area contributed by atoms with E-state index in [1.165, 1.54) is 5.56 Å². The number of benzene rings is 2. The predicted octanol–water partition coefficient (Wildman–Crippen LogP) is 4.14. The minimum Gasteiger partial charge on any atom is -0.475 e. The van der Waals surface area contributed by atoms with Gasteiger partial charge in [-0.15, -0.1) is 0 Å². The number of aliphatic carboxylic acids is 1. The molecule has 9 heteroatoms. The number of aliphatic hydroxyl groups excluding tert-OH is 1. The molecule has 0 aromatic heterocycles. The van der Waals surface area contributed by atoms with Gasteiger partial charge in [-0.2, -0.15) is 13.2 Å². The van der Waals surface area contributed by atoms with Crippen LogP contribution in [0.3, 0.4) is 0 Å². The van der Waals surface area contributed by atoms with E-state index in [1.807, 2.05) is 6.07 Å². The Balaban J connectivity index is 0.000000479. The van der Waals surface area contributed by atoms with Gasteiger partial charge in [-0.25, -0.2) is 4.79 Å². The number of nitrogens with zero attached hydrogens (tertiary/aromatic N) is 1. The number of hydrogen-bond donors (Lipinski definition) is 3. The van der Waals surface area contributed by atoms with Crippen molar-refractivity contribution in [2.45, 2.75) is 44.5 Å². The quantitative estimate of drug-likeness (QED) is 0.419. The number of piperidine rings is 1. The van der Waals surface area contributed by atoms with Gasteiger partial charge in [-0.3, -0.25) is 9.69 Å². The van der Waals surface area contributed by atoms with Gasteiger partial charge in [0.1, 0.15) is 0 Å². The molecule has 0 saturated carbocycles. The van der Waals surface area contributed by atoms with Crippen LogP contribution in [-0.2, 0) is 11.3 Å². The molecule has 6 nitrogen and oxygen atoms in total. The lowest BCUT2D eigenvalue weighted by Crippen LogP contribution is -2.34. The topological polar surface area (TPSA) is 104 Å². The molecule has 2 aromatic carbocycles. The summed E-state index contributed by atoms with van der Waals surface area (Å²) in [7, 11) is 0. The van der Waals surface area contributed by atoms with E-state index in [2.05, 4.69) is 29.2 Å². The van der Waals surface area contributed by atoms with Gasteiger partial charge in [0.2, 0.25) is 0 Å². The normalized spacial score (nSPS) is 15.9. The Kier molecular flexibility index (Phi) is 9.87. The van der Waals surface area contributed by atoms with Crippen molar-refractivity contribution in [1.82, 2.24) is 4.90 Å². The van der Waals surface area contributed by atoms with E-state index in [4.69, 9.17) is 15.6 Å². The molecular weight excluding hydrogens is 437 g/mol. The minimum atomic E-state index is -5.08. The van der Waals surface area contributed by atoms with Gasteiger partial charge in [-0.05, 0) is 68.1 Å².